The molecule has 14 heavy (non-hydrogen) atoms. The van der Waals surface area contributed by atoms with Crippen LogP contribution < -0.4 is 4.74 Å². The van der Waals surface area contributed by atoms with Crippen molar-refractivity contribution in [1.29, 1.82) is 0 Å². The maximum absolute atomic E-state index is 10.7. The molecule has 2 N–H and O–H groups in total. The SMILES string of the molecule is CC1Cc2c(ccc(C(=O)O)c2O)O1. The Morgan fingerprint density at radius 1 is 1.57 bits per heavy atom. The fourth-order valence-electron chi connectivity index (χ4n) is 1.64. The molecule has 1 aromatic rings. The summed E-state index contributed by atoms with van der Waals surface area (Å²) in [7, 11) is 0. The van der Waals surface area contributed by atoms with Crippen molar-refractivity contribution in [3.8, 4) is 11.5 Å². The number of carbonyl (C=O) groups is 1. The number of ether oxygens (including phenoxy) is 1. The summed E-state index contributed by atoms with van der Waals surface area (Å²) in [5.41, 5.74) is 0.527. The molecule has 1 unspecified atom stereocenters. The Kier molecular flexibility index (Phi) is 1.84. The summed E-state index contributed by atoms with van der Waals surface area (Å²) in [5, 5.41) is 18.4. The minimum Gasteiger partial charge on any atom is -0.507 e. The van der Waals surface area contributed by atoms with Crippen LogP contribution in [0.15, 0.2) is 12.1 Å². The van der Waals surface area contributed by atoms with Gasteiger partial charge in [0.25, 0.3) is 0 Å². The molecule has 74 valence electrons. The van der Waals surface area contributed by atoms with E-state index in [-0.39, 0.29) is 17.4 Å². The van der Waals surface area contributed by atoms with Gasteiger partial charge in [0, 0.05) is 12.0 Å². The van der Waals surface area contributed by atoms with Gasteiger partial charge < -0.3 is 14.9 Å². The first kappa shape index (κ1) is 8.87. The number of rotatable bonds is 1. The van der Waals surface area contributed by atoms with Gasteiger partial charge in [0.2, 0.25) is 0 Å². The summed E-state index contributed by atoms with van der Waals surface area (Å²) in [4.78, 5) is 10.7. The van der Waals surface area contributed by atoms with Crippen molar-refractivity contribution in [3.63, 3.8) is 0 Å². The molecule has 0 radical (unpaired) electrons. The topological polar surface area (TPSA) is 66.8 Å². The largest absolute Gasteiger partial charge is 0.507 e. The van der Waals surface area contributed by atoms with E-state index in [0.717, 1.165) is 0 Å². The van der Waals surface area contributed by atoms with Crippen LogP contribution >= 0.6 is 0 Å². The van der Waals surface area contributed by atoms with Crippen molar-refractivity contribution in [2.45, 2.75) is 19.4 Å². The number of carboxylic acid groups (broad SMARTS) is 1. The molecule has 0 aromatic heterocycles. The molecular formula is C10H10O4. The normalized spacial score (nSPS) is 18.8. The average molecular weight is 194 g/mol. The highest BCUT2D eigenvalue weighted by Gasteiger charge is 2.25. The van der Waals surface area contributed by atoms with E-state index in [1.54, 1.807) is 6.07 Å². The summed E-state index contributed by atoms with van der Waals surface area (Å²) < 4.78 is 5.37. The van der Waals surface area contributed by atoms with E-state index in [0.29, 0.717) is 17.7 Å². The Bertz CT molecular complexity index is 397. The van der Waals surface area contributed by atoms with Gasteiger partial charge in [-0.1, -0.05) is 0 Å². The molecule has 0 saturated carbocycles. The first-order chi connectivity index (χ1) is 6.59. The van der Waals surface area contributed by atoms with Crippen LogP contribution in [0.4, 0.5) is 0 Å². The lowest BCUT2D eigenvalue weighted by atomic mass is 10.1. The van der Waals surface area contributed by atoms with E-state index in [2.05, 4.69) is 0 Å². The monoisotopic (exact) mass is 194 g/mol. The van der Waals surface area contributed by atoms with Crippen LogP contribution in [-0.4, -0.2) is 22.3 Å². The van der Waals surface area contributed by atoms with E-state index in [1.807, 2.05) is 6.92 Å². The number of hydrogen-bond acceptors (Lipinski definition) is 3. The van der Waals surface area contributed by atoms with Gasteiger partial charge in [-0.05, 0) is 19.1 Å². The van der Waals surface area contributed by atoms with Gasteiger partial charge in [0.05, 0.1) is 0 Å². The highest BCUT2D eigenvalue weighted by Crippen LogP contribution is 2.37. The predicted octanol–water partition coefficient (Wildman–Crippen LogP) is 1.41. The van der Waals surface area contributed by atoms with Crippen molar-refractivity contribution < 1.29 is 19.7 Å². The van der Waals surface area contributed by atoms with Crippen LogP contribution in [0.25, 0.3) is 0 Å². The smallest absolute Gasteiger partial charge is 0.339 e. The Hall–Kier alpha value is -1.71. The maximum atomic E-state index is 10.7. The van der Waals surface area contributed by atoms with Gasteiger partial charge in [-0.25, -0.2) is 4.79 Å². The Morgan fingerprint density at radius 3 is 2.93 bits per heavy atom. The number of aromatic hydroxyl groups is 1. The summed E-state index contributed by atoms with van der Waals surface area (Å²) in [6.45, 7) is 1.87. The third-order valence-corrected chi connectivity index (χ3v) is 2.29. The summed E-state index contributed by atoms with van der Waals surface area (Å²) >= 11 is 0. The molecule has 0 fully saturated rings. The molecule has 1 aliphatic rings. The van der Waals surface area contributed by atoms with Gasteiger partial charge in [0.15, 0.2) is 0 Å². The van der Waals surface area contributed by atoms with Crippen LogP contribution in [0.1, 0.15) is 22.8 Å². The van der Waals surface area contributed by atoms with E-state index in [4.69, 9.17) is 9.84 Å². The molecule has 4 heteroatoms. The van der Waals surface area contributed by atoms with Crippen molar-refractivity contribution in [3.05, 3.63) is 23.3 Å². The molecule has 0 spiro atoms. The fraction of sp³-hybridized carbons (Fsp3) is 0.300. The van der Waals surface area contributed by atoms with Crippen LogP contribution in [0.3, 0.4) is 0 Å². The molecule has 0 bridgehead atoms. The lowest BCUT2D eigenvalue weighted by Gasteiger charge is -2.04. The fourth-order valence-corrected chi connectivity index (χ4v) is 1.64. The van der Waals surface area contributed by atoms with E-state index in [9.17, 15) is 9.90 Å². The summed E-state index contributed by atoms with van der Waals surface area (Å²) in [5.74, 6) is -0.704. The van der Waals surface area contributed by atoms with Crippen molar-refractivity contribution in [1.82, 2.24) is 0 Å². The minimum atomic E-state index is -1.12. The van der Waals surface area contributed by atoms with Crippen molar-refractivity contribution >= 4 is 5.97 Å². The second kappa shape index (κ2) is 2.90. The molecule has 1 heterocycles. The van der Waals surface area contributed by atoms with Crippen LogP contribution in [0.2, 0.25) is 0 Å². The first-order valence-electron chi connectivity index (χ1n) is 4.34. The van der Waals surface area contributed by atoms with E-state index in [1.165, 1.54) is 6.07 Å². The Labute approximate surface area is 80.7 Å². The molecule has 1 atom stereocenters. The van der Waals surface area contributed by atoms with Gasteiger partial charge >= 0.3 is 5.97 Å². The van der Waals surface area contributed by atoms with Crippen LogP contribution in [0, 0.1) is 0 Å². The van der Waals surface area contributed by atoms with E-state index < -0.39 is 5.97 Å². The third-order valence-electron chi connectivity index (χ3n) is 2.29. The van der Waals surface area contributed by atoms with Crippen LogP contribution in [0.5, 0.6) is 11.5 Å². The third kappa shape index (κ3) is 1.19. The molecular weight excluding hydrogens is 184 g/mol. The van der Waals surface area contributed by atoms with Gasteiger partial charge in [-0.2, -0.15) is 0 Å². The second-order valence-corrected chi connectivity index (χ2v) is 3.38. The average Bonchev–Trinajstić information content (AvgIpc) is 2.46. The van der Waals surface area contributed by atoms with Crippen molar-refractivity contribution in [2.24, 2.45) is 0 Å². The van der Waals surface area contributed by atoms with Gasteiger partial charge in [-0.15, -0.1) is 0 Å². The molecule has 4 nitrogen and oxygen atoms in total. The number of aromatic carboxylic acids is 1. The summed E-state index contributed by atoms with van der Waals surface area (Å²) in [6.07, 6.45) is 0.558. The lowest BCUT2D eigenvalue weighted by Crippen LogP contribution is -2.05. The molecule has 0 saturated heterocycles. The minimum absolute atomic E-state index is 0.0000510. The second-order valence-electron chi connectivity index (χ2n) is 3.38. The highest BCUT2D eigenvalue weighted by molar-refractivity contribution is 5.91. The molecule has 1 aliphatic heterocycles. The number of carboxylic acids is 1. The predicted molar refractivity (Wildman–Crippen MR) is 48.9 cm³/mol. The number of hydrogen-bond donors (Lipinski definition) is 2. The van der Waals surface area contributed by atoms with Gasteiger partial charge in [-0.3, -0.25) is 0 Å². The molecule has 1 aromatic carbocycles. The zero-order valence-electron chi connectivity index (χ0n) is 7.65. The number of phenols is 1. The standard InChI is InChI=1S/C10H10O4/c1-5-4-7-8(14-5)3-2-6(9(7)11)10(12)13/h2-3,5,11H,4H2,1H3,(H,12,13). The lowest BCUT2D eigenvalue weighted by molar-refractivity contribution is 0.0693. The molecule has 2 rings (SSSR count). The van der Waals surface area contributed by atoms with Crippen LogP contribution in [-0.2, 0) is 6.42 Å². The molecule has 0 amide bonds. The zero-order chi connectivity index (χ0) is 10.3. The number of fused-ring (bicyclic) bond motifs is 1. The zero-order valence-corrected chi connectivity index (χ0v) is 7.65. The van der Waals surface area contributed by atoms with Crippen molar-refractivity contribution in [2.75, 3.05) is 0 Å². The maximum Gasteiger partial charge on any atom is 0.339 e. The highest BCUT2D eigenvalue weighted by atomic mass is 16.5. The molecule has 0 aliphatic carbocycles. The van der Waals surface area contributed by atoms with E-state index >= 15 is 0 Å². The summed E-state index contributed by atoms with van der Waals surface area (Å²) in [6, 6.07) is 2.94. The quantitative estimate of drug-likeness (QED) is 0.709. The first-order valence-corrected chi connectivity index (χ1v) is 4.34. The number of benzene rings is 1. The Balaban J connectivity index is 2.53. The Morgan fingerprint density at radius 2 is 2.29 bits per heavy atom. The van der Waals surface area contributed by atoms with Gasteiger partial charge in [0.1, 0.15) is 23.2 Å².